The summed E-state index contributed by atoms with van der Waals surface area (Å²) in [5.74, 6) is -0.184. The molecule has 0 amide bonds. The number of guanidine groups is 1. The summed E-state index contributed by atoms with van der Waals surface area (Å²) in [6.07, 6.45) is 7.83. The second-order valence-electron chi connectivity index (χ2n) is 11.8. The smallest absolute Gasteiger partial charge is 0.374 e. The molecule has 0 spiro atoms. The van der Waals surface area contributed by atoms with Crippen molar-refractivity contribution in [2.24, 2.45) is 15.0 Å². The third-order valence-electron chi connectivity index (χ3n) is 8.64. The van der Waals surface area contributed by atoms with E-state index in [9.17, 15) is 25.2 Å². The lowest BCUT2D eigenvalue weighted by atomic mass is 9.87. The number of hydrogen-bond donors (Lipinski definition) is 5. The van der Waals surface area contributed by atoms with E-state index >= 15 is 0 Å². The molecule has 4 aliphatic rings. The molecular weight excluding hydrogens is 626 g/mol. The molecule has 0 aliphatic carbocycles. The fourth-order valence-corrected chi connectivity index (χ4v) is 6.27. The second-order valence-corrected chi connectivity index (χ2v) is 11.8. The highest BCUT2D eigenvalue weighted by atomic mass is 16.6. The topological polar surface area (TPSA) is 221 Å². The highest BCUT2D eigenvalue weighted by Gasteiger charge is 2.44. The Morgan fingerprint density at radius 1 is 1.29 bits per heavy atom. The zero-order valence-corrected chi connectivity index (χ0v) is 26.8. The quantitative estimate of drug-likeness (QED) is 0.146. The van der Waals surface area contributed by atoms with E-state index in [2.05, 4.69) is 20.0 Å². The number of allylic oxidation sites excluding steroid dienone is 3. The fourth-order valence-electron chi connectivity index (χ4n) is 6.27. The number of aliphatic hydroxyl groups is 3. The summed E-state index contributed by atoms with van der Waals surface area (Å²) in [4.78, 5) is 30.0. The molecule has 48 heavy (non-hydrogen) atoms. The lowest BCUT2D eigenvalue weighted by Crippen LogP contribution is -3.10. The van der Waals surface area contributed by atoms with Crippen molar-refractivity contribution >= 4 is 40.9 Å². The van der Waals surface area contributed by atoms with E-state index in [0.717, 1.165) is 0 Å². The van der Waals surface area contributed by atoms with Crippen LogP contribution in [0.4, 0.5) is 5.95 Å². The summed E-state index contributed by atoms with van der Waals surface area (Å²) < 4.78 is 25.4. The van der Waals surface area contributed by atoms with Gasteiger partial charge in [-0.2, -0.15) is 9.98 Å². The maximum absolute atomic E-state index is 13.0. The van der Waals surface area contributed by atoms with Crippen molar-refractivity contribution < 1.29 is 49.1 Å². The van der Waals surface area contributed by atoms with Gasteiger partial charge in [-0.25, -0.2) is 19.7 Å². The molecule has 16 heteroatoms. The second kappa shape index (κ2) is 13.3. The first-order chi connectivity index (χ1) is 23.1. The Kier molecular flexibility index (Phi) is 9.15. The predicted octanol–water partition coefficient (Wildman–Crippen LogP) is -0.442. The molecule has 4 aliphatic heterocycles. The SMILES string of the molecule is CCOC(=O)C1=CC(=CCn2ccnc2[NH+]2CN=C3C([O-])=NC(=N)N=C32)c2c(OC)c3c(c(CO)c2O1)OC(C(C)(O)CCCCO)C3. The average molecular weight is 664 g/mol. The Morgan fingerprint density at radius 3 is 2.83 bits per heavy atom. The number of quaternary nitrogens is 1. The Bertz CT molecular complexity index is 1800. The summed E-state index contributed by atoms with van der Waals surface area (Å²) in [6.45, 7) is 3.36. The van der Waals surface area contributed by atoms with E-state index in [0.29, 0.717) is 58.3 Å². The van der Waals surface area contributed by atoms with Crippen molar-refractivity contribution in [3.05, 3.63) is 47.0 Å². The molecule has 0 saturated heterocycles. The van der Waals surface area contributed by atoms with Crippen LogP contribution in [0.1, 0.15) is 49.8 Å². The monoisotopic (exact) mass is 663 g/mol. The molecule has 0 radical (unpaired) electrons. The van der Waals surface area contributed by atoms with Gasteiger partial charge in [0, 0.05) is 37.2 Å². The van der Waals surface area contributed by atoms with Crippen LogP contribution in [-0.4, -0.2) is 92.9 Å². The van der Waals surface area contributed by atoms with Crippen molar-refractivity contribution in [2.75, 3.05) is 27.0 Å². The van der Waals surface area contributed by atoms with Crippen LogP contribution in [0, 0.1) is 5.41 Å². The molecule has 1 aromatic carbocycles. The minimum absolute atomic E-state index is 0.0172. The number of hydrogen-bond acceptors (Lipinski definition) is 12. The van der Waals surface area contributed by atoms with Gasteiger partial charge in [0.2, 0.25) is 11.7 Å². The van der Waals surface area contributed by atoms with Gasteiger partial charge in [0.05, 0.1) is 43.2 Å². The number of fused-ring (bicyclic) bond motifs is 3. The summed E-state index contributed by atoms with van der Waals surface area (Å²) in [7, 11) is 1.50. The molecule has 6 rings (SSSR count). The zero-order valence-electron chi connectivity index (χ0n) is 26.8. The molecule has 0 fully saturated rings. The molecule has 5 N–H and O–H groups in total. The zero-order chi connectivity index (χ0) is 34.2. The molecule has 0 saturated carbocycles. The summed E-state index contributed by atoms with van der Waals surface area (Å²) in [5.41, 5.74) is 0.785. The normalized spacial score (nSPS) is 21.5. The Labute approximate surface area is 275 Å². The third-order valence-corrected chi connectivity index (χ3v) is 8.64. The molecule has 16 nitrogen and oxygen atoms in total. The first kappa shape index (κ1) is 33.0. The number of imidazole rings is 1. The van der Waals surface area contributed by atoms with Crippen LogP contribution < -0.4 is 24.2 Å². The molecule has 3 unspecified atom stereocenters. The van der Waals surface area contributed by atoms with Crippen LogP contribution in [-0.2, 0) is 29.1 Å². The highest BCUT2D eigenvalue weighted by Crippen LogP contribution is 2.53. The Balaban J connectivity index is 1.40. The van der Waals surface area contributed by atoms with Crippen molar-refractivity contribution in [3.8, 4) is 17.2 Å². The number of unbranched alkanes of at least 4 members (excludes halogenated alkanes) is 1. The van der Waals surface area contributed by atoms with Gasteiger partial charge in [-0.05, 0) is 44.8 Å². The van der Waals surface area contributed by atoms with Crippen LogP contribution >= 0.6 is 0 Å². The lowest BCUT2D eigenvalue weighted by molar-refractivity contribution is -0.730. The molecule has 2 aromatic rings. The number of benzene rings is 1. The largest absolute Gasteiger partial charge is 0.857 e. The summed E-state index contributed by atoms with van der Waals surface area (Å²) in [6, 6.07) is 0. The minimum Gasteiger partial charge on any atom is -0.857 e. The molecule has 254 valence electrons. The van der Waals surface area contributed by atoms with Crippen LogP contribution in [0.3, 0.4) is 0 Å². The molecule has 3 atom stereocenters. The fraction of sp³-hybridized carbons (Fsp3) is 0.438. The average Bonchev–Trinajstić information content (AvgIpc) is 3.81. The number of nitrogens with one attached hydrogen (secondary N) is 2. The van der Waals surface area contributed by atoms with Crippen LogP contribution in [0.25, 0.3) is 5.57 Å². The Hall–Kier alpha value is -4.90. The van der Waals surface area contributed by atoms with Gasteiger partial charge in [-0.3, -0.25) is 9.98 Å². The predicted molar refractivity (Wildman–Crippen MR) is 170 cm³/mol. The number of aliphatic hydroxyl groups excluding tert-OH is 2. The highest BCUT2D eigenvalue weighted by molar-refractivity contribution is 6.66. The maximum atomic E-state index is 13.0. The molecular formula is C32H37N7O9. The number of aromatic nitrogens is 2. The van der Waals surface area contributed by atoms with Gasteiger partial charge >= 0.3 is 11.9 Å². The Morgan fingerprint density at radius 2 is 2.10 bits per heavy atom. The first-order valence-electron chi connectivity index (χ1n) is 15.6. The van der Waals surface area contributed by atoms with Crippen molar-refractivity contribution in [1.29, 1.82) is 5.41 Å². The summed E-state index contributed by atoms with van der Waals surface area (Å²) >= 11 is 0. The summed E-state index contributed by atoms with van der Waals surface area (Å²) in [5, 5.41) is 51.3. The van der Waals surface area contributed by atoms with Gasteiger partial charge in [-0.15, -0.1) is 0 Å². The number of aliphatic imine (C=N–C) groups is 3. The van der Waals surface area contributed by atoms with E-state index in [1.165, 1.54) is 7.11 Å². The lowest BCUT2D eigenvalue weighted by Gasteiger charge is -2.29. The number of amidine groups is 1. The standard InChI is InChI=1S/C32H37N7O9/c1-4-46-29(43)20-13-17(7-10-38-11-9-34-31(38)39-16-35-23-27(39)36-30(33)37-28(23)42)22-25(45-3)18-14-21(32(2,44)8-5-6-12-40)48-24(18)19(15-41)26(22)47-20/h7,9,11,13,21,40-41,44H,4-6,8,10,12,14-16H2,1-3H3,(H2,33,37,42). The number of esters is 1. The van der Waals surface area contributed by atoms with Gasteiger partial charge in [0.25, 0.3) is 5.84 Å². The molecule has 0 bridgehead atoms. The number of ether oxygens (including phenoxy) is 4. The van der Waals surface area contributed by atoms with Crippen LogP contribution in [0.2, 0.25) is 0 Å². The van der Waals surface area contributed by atoms with Gasteiger partial charge in [0.1, 0.15) is 23.4 Å². The van der Waals surface area contributed by atoms with Gasteiger partial charge in [0.15, 0.2) is 12.4 Å². The first-order valence-corrected chi connectivity index (χ1v) is 15.6. The van der Waals surface area contributed by atoms with Crippen molar-refractivity contribution in [1.82, 2.24) is 9.55 Å². The van der Waals surface area contributed by atoms with E-state index in [1.54, 1.807) is 32.3 Å². The van der Waals surface area contributed by atoms with Crippen molar-refractivity contribution in [2.45, 2.75) is 64.4 Å². The van der Waals surface area contributed by atoms with E-state index < -0.39 is 36.1 Å². The van der Waals surface area contributed by atoms with Gasteiger partial charge < -0.3 is 39.4 Å². The molecule has 5 heterocycles. The number of nitrogens with zero attached hydrogens (tertiary/aromatic N) is 5. The van der Waals surface area contributed by atoms with Crippen molar-refractivity contribution in [3.63, 3.8) is 0 Å². The van der Waals surface area contributed by atoms with E-state index in [-0.39, 0.29) is 61.5 Å². The van der Waals surface area contributed by atoms with Gasteiger partial charge in [-0.1, -0.05) is 6.08 Å². The molecule has 1 aromatic heterocycles. The van der Waals surface area contributed by atoms with Crippen LogP contribution in [0.15, 0.2) is 45.3 Å². The number of rotatable bonds is 12. The number of methoxy groups -OCH3 is 1. The third kappa shape index (κ3) is 5.87. The van der Waals surface area contributed by atoms with E-state index in [4.69, 9.17) is 24.4 Å². The van der Waals surface area contributed by atoms with E-state index in [1.807, 2.05) is 10.6 Å². The number of carbonyl (C=O) groups excluding carboxylic acids is 1. The number of carbonyl (C=O) groups is 1. The minimum atomic E-state index is -1.25. The van der Waals surface area contributed by atoms with Crippen LogP contribution in [0.5, 0.6) is 17.2 Å². The maximum Gasteiger partial charge on any atom is 0.374 e.